The molecule has 0 radical (unpaired) electrons. The molecular weight excluding hydrogens is 286 g/mol. The summed E-state index contributed by atoms with van der Waals surface area (Å²) in [5.41, 5.74) is 2.37. The normalized spacial score (nSPS) is 10.8. The van der Waals surface area contributed by atoms with E-state index in [1.54, 1.807) is 18.2 Å². The van der Waals surface area contributed by atoms with Gasteiger partial charge in [0.1, 0.15) is 0 Å². The fourth-order valence-corrected chi connectivity index (χ4v) is 1.71. The van der Waals surface area contributed by atoms with Crippen LogP contribution in [0.5, 0.6) is 0 Å². The Labute approximate surface area is 118 Å². The molecule has 2 aromatic rings. The van der Waals surface area contributed by atoms with Crippen LogP contribution in [-0.4, -0.2) is 12.1 Å². The Kier molecular flexibility index (Phi) is 4.42. The molecule has 0 saturated heterocycles. The van der Waals surface area contributed by atoms with Gasteiger partial charge in [-0.1, -0.05) is 35.9 Å². The van der Waals surface area contributed by atoms with Crippen LogP contribution in [0.25, 0.3) is 0 Å². The van der Waals surface area contributed by atoms with Crippen molar-refractivity contribution < 1.29 is 13.6 Å². The summed E-state index contributed by atoms with van der Waals surface area (Å²) in [5.74, 6) is -2.54. The number of hydrazone groups is 1. The van der Waals surface area contributed by atoms with Crippen molar-refractivity contribution in [2.75, 3.05) is 0 Å². The first kappa shape index (κ1) is 14.1. The summed E-state index contributed by atoms with van der Waals surface area (Å²) in [7, 11) is 0. The number of carbonyl (C=O) groups excluding carboxylic acids is 1. The summed E-state index contributed by atoms with van der Waals surface area (Å²) in [6, 6.07) is 10.1. The lowest BCUT2D eigenvalue weighted by molar-refractivity contribution is 0.0955. The third-order valence-electron chi connectivity index (χ3n) is 2.47. The number of amides is 1. The minimum Gasteiger partial charge on any atom is -0.267 e. The first-order valence-electron chi connectivity index (χ1n) is 5.61. The van der Waals surface area contributed by atoms with Crippen LogP contribution in [-0.2, 0) is 0 Å². The highest BCUT2D eigenvalue weighted by Crippen LogP contribution is 2.14. The topological polar surface area (TPSA) is 41.5 Å². The number of nitrogens with one attached hydrogen (secondary N) is 1. The average molecular weight is 295 g/mol. The zero-order valence-electron chi connectivity index (χ0n) is 10.1. The molecule has 0 aliphatic carbocycles. The van der Waals surface area contributed by atoms with Crippen LogP contribution in [0.15, 0.2) is 47.6 Å². The number of hydrogen-bond acceptors (Lipinski definition) is 2. The van der Waals surface area contributed by atoms with Crippen LogP contribution < -0.4 is 5.43 Å². The van der Waals surface area contributed by atoms with E-state index in [0.717, 1.165) is 12.3 Å². The van der Waals surface area contributed by atoms with Crippen LogP contribution in [0, 0.1) is 11.6 Å². The Hall–Kier alpha value is -2.27. The van der Waals surface area contributed by atoms with E-state index >= 15 is 0 Å². The zero-order valence-corrected chi connectivity index (χ0v) is 10.9. The smallest absolute Gasteiger partial charge is 0.267 e. The van der Waals surface area contributed by atoms with Crippen LogP contribution in [0.3, 0.4) is 0 Å². The molecule has 0 fully saturated rings. The van der Waals surface area contributed by atoms with Crippen molar-refractivity contribution in [1.29, 1.82) is 0 Å². The predicted molar refractivity (Wildman–Crippen MR) is 72.9 cm³/mol. The SMILES string of the molecule is O=C(N/N=C\c1cccc(F)c1F)c1ccccc1Cl. The molecule has 0 spiro atoms. The summed E-state index contributed by atoms with van der Waals surface area (Å²) in [6.45, 7) is 0. The molecule has 102 valence electrons. The van der Waals surface area contributed by atoms with Crippen LogP contribution in [0.4, 0.5) is 8.78 Å². The second-order valence-corrected chi connectivity index (χ2v) is 4.23. The van der Waals surface area contributed by atoms with Crippen molar-refractivity contribution >= 4 is 23.7 Å². The summed E-state index contributed by atoms with van der Waals surface area (Å²) in [5, 5.41) is 3.85. The maximum absolute atomic E-state index is 13.3. The maximum Gasteiger partial charge on any atom is 0.272 e. The number of benzene rings is 2. The first-order valence-corrected chi connectivity index (χ1v) is 5.99. The Bertz CT molecular complexity index is 674. The lowest BCUT2D eigenvalue weighted by atomic mass is 10.2. The van der Waals surface area contributed by atoms with Crippen LogP contribution >= 0.6 is 11.6 Å². The number of nitrogens with zero attached hydrogens (tertiary/aromatic N) is 1. The minimum absolute atomic E-state index is 0.0653. The van der Waals surface area contributed by atoms with Gasteiger partial charge in [-0.05, 0) is 18.2 Å². The molecule has 0 bridgehead atoms. The number of hydrogen-bond donors (Lipinski definition) is 1. The number of rotatable bonds is 3. The lowest BCUT2D eigenvalue weighted by Gasteiger charge is -2.02. The summed E-state index contributed by atoms with van der Waals surface area (Å²) < 4.78 is 26.3. The second-order valence-electron chi connectivity index (χ2n) is 3.82. The Balaban J connectivity index is 2.09. The predicted octanol–water partition coefficient (Wildman–Crippen LogP) is 3.38. The zero-order chi connectivity index (χ0) is 14.5. The molecule has 0 heterocycles. The van der Waals surface area contributed by atoms with Crippen molar-refractivity contribution in [1.82, 2.24) is 5.43 Å². The van der Waals surface area contributed by atoms with Gasteiger partial charge in [-0.2, -0.15) is 5.10 Å². The Morgan fingerprint density at radius 2 is 1.90 bits per heavy atom. The molecule has 1 amide bonds. The molecule has 3 nitrogen and oxygen atoms in total. The van der Waals surface area contributed by atoms with Gasteiger partial charge in [0.15, 0.2) is 11.6 Å². The van der Waals surface area contributed by atoms with Crippen molar-refractivity contribution in [2.24, 2.45) is 5.10 Å². The highest BCUT2D eigenvalue weighted by atomic mass is 35.5. The van der Waals surface area contributed by atoms with E-state index in [9.17, 15) is 13.6 Å². The van der Waals surface area contributed by atoms with E-state index in [1.165, 1.54) is 18.2 Å². The summed E-state index contributed by atoms with van der Waals surface area (Å²) in [6.07, 6.45) is 1.02. The van der Waals surface area contributed by atoms with Gasteiger partial charge in [0, 0.05) is 5.56 Å². The molecule has 0 aliphatic rings. The molecule has 0 aliphatic heterocycles. The van der Waals surface area contributed by atoms with Gasteiger partial charge in [-0.15, -0.1) is 0 Å². The second kappa shape index (κ2) is 6.25. The van der Waals surface area contributed by atoms with Gasteiger partial charge in [-0.3, -0.25) is 4.79 Å². The van der Waals surface area contributed by atoms with E-state index in [-0.39, 0.29) is 16.1 Å². The van der Waals surface area contributed by atoms with E-state index < -0.39 is 17.5 Å². The van der Waals surface area contributed by atoms with Gasteiger partial charge in [0.2, 0.25) is 0 Å². The molecule has 6 heteroatoms. The van der Waals surface area contributed by atoms with E-state index in [0.29, 0.717) is 0 Å². The molecule has 0 atom stereocenters. The third kappa shape index (κ3) is 3.19. The monoisotopic (exact) mass is 294 g/mol. The van der Waals surface area contributed by atoms with Gasteiger partial charge >= 0.3 is 0 Å². The van der Waals surface area contributed by atoms with Crippen LogP contribution in [0.1, 0.15) is 15.9 Å². The minimum atomic E-state index is -1.02. The fourth-order valence-electron chi connectivity index (χ4n) is 1.49. The third-order valence-corrected chi connectivity index (χ3v) is 2.80. The van der Waals surface area contributed by atoms with Crippen molar-refractivity contribution in [3.8, 4) is 0 Å². The van der Waals surface area contributed by atoms with Crippen molar-refractivity contribution in [3.63, 3.8) is 0 Å². The fraction of sp³-hybridized carbons (Fsp3) is 0. The molecule has 20 heavy (non-hydrogen) atoms. The molecule has 0 saturated carbocycles. The molecule has 2 aromatic carbocycles. The standard InChI is InChI=1S/C14H9ClF2N2O/c15-11-6-2-1-5-10(11)14(20)19-18-8-9-4-3-7-12(16)13(9)17/h1-8H,(H,19,20)/b18-8-. The molecule has 1 N–H and O–H groups in total. The highest BCUT2D eigenvalue weighted by molar-refractivity contribution is 6.33. The highest BCUT2D eigenvalue weighted by Gasteiger charge is 2.08. The van der Waals surface area contributed by atoms with E-state index in [2.05, 4.69) is 10.5 Å². The first-order chi connectivity index (χ1) is 9.59. The van der Waals surface area contributed by atoms with Gasteiger partial charge in [0.25, 0.3) is 5.91 Å². The van der Waals surface area contributed by atoms with Crippen LogP contribution in [0.2, 0.25) is 5.02 Å². The van der Waals surface area contributed by atoms with E-state index in [4.69, 9.17) is 11.6 Å². The Morgan fingerprint density at radius 3 is 2.65 bits per heavy atom. The number of carbonyl (C=O) groups is 1. The average Bonchev–Trinajstić information content (AvgIpc) is 2.44. The largest absolute Gasteiger partial charge is 0.272 e. The van der Waals surface area contributed by atoms with E-state index in [1.807, 2.05) is 0 Å². The number of halogens is 3. The molecule has 2 rings (SSSR count). The summed E-state index contributed by atoms with van der Waals surface area (Å²) in [4.78, 5) is 11.7. The van der Waals surface area contributed by atoms with Crippen molar-refractivity contribution in [2.45, 2.75) is 0 Å². The Morgan fingerprint density at radius 1 is 1.15 bits per heavy atom. The molecule has 0 unspecified atom stereocenters. The molecular formula is C14H9ClF2N2O. The quantitative estimate of drug-likeness (QED) is 0.684. The van der Waals surface area contributed by atoms with Gasteiger partial charge < -0.3 is 0 Å². The van der Waals surface area contributed by atoms with Crippen molar-refractivity contribution in [3.05, 3.63) is 70.2 Å². The van der Waals surface area contributed by atoms with Gasteiger partial charge in [0.05, 0.1) is 16.8 Å². The van der Waals surface area contributed by atoms with Gasteiger partial charge in [-0.25, -0.2) is 14.2 Å². The summed E-state index contributed by atoms with van der Waals surface area (Å²) >= 11 is 5.84. The maximum atomic E-state index is 13.3. The lowest BCUT2D eigenvalue weighted by Crippen LogP contribution is -2.18. The molecule has 0 aromatic heterocycles.